The molecule has 0 saturated carbocycles. The van der Waals surface area contributed by atoms with Crippen LogP contribution in [0.4, 0.5) is 0 Å². The first kappa shape index (κ1) is 24.8. The van der Waals surface area contributed by atoms with Gasteiger partial charge in [-0.1, -0.05) is 100.0 Å². The molecule has 0 bridgehead atoms. The van der Waals surface area contributed by atoms with Gasteiger partial charge in [0.25, 0.3) is 0 Å². The Morgan fingerprint density at radius 3 is 2.06 bits per heavy atom. The fourth-order valence-corrected chi connectivity index (χ4v) is 4.09. The predicted molar refractivity (Wildman–Crippen MR) is 133 cm³/mol. The van der Waals surface area contributed by atoms with Gasteiger partial charge in [-0.2, -0.15) is 0 Å². The molecule has 3 nitrogen and oxygen atoms in total. The minimum atomic E-state index is -0.0948. The van der Waals surface area contributed by atoms with Crippen molar-refractivity contribution in [2.24, 2.45) is 0 Å². The number of rotatable bonds is 7. The van der Waals surface area contributed by atoms with E-state index in [1.54, 1.807) is 31.4 Å². The zero-order chi connectivity index (χ0) is 23.4. The van der Waals surface area contributed by atoms with E-state index < -0.39 is 0 Å². The molecule has 3 aromatic carbocycles. The lowest BCUT2D eigenvalue weighted by atomic mass is 10.1. The van der Waals surface area contributed by atoms with Crippen molar-refractivity contribution in [1.29, 1.82) is 0 Å². The molecule has 0 heterocycles. The van der Waals surface area contributed by atoms with E-state index in [0.29, 0.717) is 16.9 Å². The van der Waals surface area contributed by atoms with Crippen LogP contribution in [-0.2, 0) is 6.61 Å². The van der Waals surface area contributed by atoms with Crippen molar-refractivity contribution in [1.82, 2.24) is 0 Å². The fraction of sp³-hybridized carbons (Fsp3) is 0.125. The molecule has 0 aliphatic rings. The lowest BCUT2D eigenvalue weighted by Crippen LogP contribution is -2.01. The lowest BCUT2D eigenvalue weighted by Gasteiger charge is -2.15. The molecular weight excluding hydrogens is 514 g/mol. The minimum absolute atomic E-state index is 0.0519. The van der Waals surface area contributed by atoms with Crippen molar-refractivity contribution < 1.29 is 14.3 Å². The van der Waals surface area contributed by atoms with Crippen molar-refractivity contribution in [3.8, 4) is 11.5 Å². The summed E-state index contributed by atoms with van der Waals surface area (Å²) in [4.78, 5) is 12.4. The molecule has 0 fully saturated rings. The van der Waals surface area contributed by atoms with Crippen LogP contribution < -0.4 is 9.47 Å². The maximum absolute atomic E-state index is 12.4. The molecule has 3 aromatic rings. The Morgan fingerprint density at radius 2 is 1.47 bits per heavy atom. The molecule has 0 aromatic heterocycles. The Morgan fingerprint density at radius 1 is 0.875 bits per heavy atom. The van der Waals surface area contributed by atoms with E-state index in [9.17, 15) is 4.79 Å². The van der Waals surface area contributed by atoms with Crippen LogP contribution in [0.1, 0.15) is 27.0 Å². The summed E-state index contributed by atoms with van der Waals surface area (Å²) < 4.78 is 11.2. The standard InChI is InChI=1S/C24H17Cl5O3/c1-13-3-7-15(8-4-13)17(30)9-5-14-6-10-18(31-2)16(11-14)12-32-24-22(28)20(26)19(25)21(27)23(24)29/h3-11H,12H2,1-2H3/b9-5+. The molecule has 0 spiro atoms. The number of ketones is 1. The average Bonchev–Trinajstić information content (AvgIpc) is 2.80. The van der Waals surface area contributed by atoms with Crippen molar-refractivity contribution in [2.45, 2.75) is 13.5 Å². The molecule has 0 saturated heterocycles. The molecular formula is C24H17Cl5O3. The normalized spacial score (nSPS) is 11.1. The van der Waals surface area contributed by atoms with Crippen LogP contribution in [0.5, 0.6) is 11.5 Å². The van der Waals surface area contributed by atoms with Crippen molar-refractivity contribution in [2.75, 3.05) is 7.11 Å². The summed E-state index contributed by atoms with van der Waals surface area (Å²) in [7, 11) is 1.55. The molecule has 0 atom stereocenters. The largest absolute Gasteiger partial charge is 0.496 e. The van der Waals surface area contributed by atoms with Gasteiger partial charge in [-0.05, 0) is 30.7 Å². The second-order valence-corrected chi connectivity index (χ2v) is 8.71. The van der Waals surface area contributed by atoms with E-state index in [1.807, 2.05) is 31.2 Å². The molecule has 0 unspecified atom stereocenters. The smallest absolute Gasteiger partial charge is 0.185 e. The SMILES string of the molecule is COc1ccc(/C=C/C(=O)c2ccc(C)cc2)cc1COc1c(Cl)c(Cl)c(Cl)c(Cl)c1Cl. The molecule has 8 heteroatoms. The summed E-state index contributed by atoms with van der Waals surface area (Å²) in [6.07, 6.45) is 3.24. The first-order valence-corrected chi connectivity index (χ1v) is 11.2. The topological polar surface area (TPSA) is 35.5 Å². The molecule has 0 amide bonds. The minimum Gasteiger partial charge on any atom is -0.496 e. The summed E-state index contributed by atoms with van der Waals surface area (Å²) in [5.74, 6) is 0.610. The Balaban J connectivity index is 1.83. The number of carbonyl (C=O) groups excluding carboxylic acids is 1. The molecule has 32 heavy (non-hydrogen) atoms. The lowest BCUT2D eigenvalue weighted by molar-refractivity contribution is 0.104. The Kier molecular flexibility index (Phi) is 8.37. The maximum atomic E-state index is 12.4. The number of ether oxygens (including phenoxy) is 2. The van der Waals surface area contributed by atoms with Gasteiger partial charge in [0.05, 0.1) is 22.2 Å². The van der Waals surface area contributed by atoms with Crippen molar-refractivity contribution >= 4 is 69.9 Å². The molecule has 3 rings (SSSR count). The third kappa shape index (κ3) is 5.54. The van der Waals surface area contributed by atoms with E-state index in [2.05, 4.69) is 0 Å². The van der Waals surface area contributed by atoms with Crippen LogP contribution in [0, 0.1) is 6.92 Å². The molecule has 0 radical (unpaired) electrons. The van der Waals surface area contributed by atoms with Gasteiger partial charge in [-0.15, -0.1) is 0 Å². The van der Waals surface area contributed by atoms with Crippen LogP contribution in [0.15, 0.2) is 48.5 Å². The molecule has 0 aliphatic heterocycles. The van der Waals surface area contributed by atoms with Gasteiger partial charge in [0, 0.05) is 11.1 Å². The van der Waals surface area contributed by atoms with E-state index >= 15 is 0 Å². The van der Waals surface area contributed by atoms with Crippen LogP contribution >= 0.6 is 58.0 Å². The second kappa shape index (κ2) is 10.8. The van der Waals surface area contributed by atoms with E-state index in [1.165, 1.54) is 6.08 Å². The van der Waals surface area contributed by atoms with Gasteiger partial charge in [-0.25, -0.2) is 0 Å². The molecule has 0 N–H and O–H groups in total. The second-order valence-electron chi connectivity index (χ2n) is 6.82. The van der Waals surface area contributed by atoms with Crippen LogP contribution in [0.3, 0.4) is 0 Å². The Bertz CT molecular complexity index is 1160. The number of benzene rings is 3. The highest BCUT2D eigenvalue weighted by Crippen LogP contribution is 2.48. The highest BCUT2D eigenvalue weighted by Gasteiger charge is 2.21. The highest BCUT2D eigenvalue weighted by atomic mass is 35.5. The number of halogens is 5. The van der Waals surface area contributed by atoms with Crippen molar-refractivity contribution in [3.05, 3.63) is 95.9 Å². The van der Waals surface area contributed by atoms with Crippen LogP contribution in [0.25, 0.3) is 6.08 Å². The van der Waals surface area contributed by atoms with Gasteiger partial charge in [-0.3, -0.25) is 4.79 Å². The van der Waals surface area contributed by atoms with Gasteiger partial charge in [0.1, 0.15) is 22.4 Å². The monoisotopic (exact) mass is 528 g/mol. The zero-order valence-corrected chi connectivity index (χ0v) is 20.8. The third-order valence-electron chi connectivity index (χ3n) is 4.61. The summed E-state index contributed by atoms with van der Waals surface area (Å²) in [6, 6.07) is 12.8. The summed E-state index contributed by atoms with van der Waals surface area (Å²) in [5, 5.41) is 0.278. The fourth-order valence-electron chi connectivity index (χ4n) is 2.86. The zero-order valence-electron chi connectivity index (χ0n) is 17.0. The van der Waals surface area contributed by atoms with E-state index in [0.717, 1.165) is 11.1 Å². The van der Waals surface area contributed by atoms with Crippen molar-refractivity contribution in [3.63, 3.8) is 0 Å². The number of hydrogen-bond acceptors (Lipinski definition) is 3. The summed E-state index contributed by atoms with van der Waals surface area (Å²) in [6.45, 7) is 2.03. The number of aryl methyl sites for hydroxylation is 1. The third-order valence-corrected chi connectivity index (χ3v) is 6.85. The van der Waals surface area contributed by atoms with Gasteiger partial charge in [0.15, 0.2) is 11.5 Å². The first-order chi connectivity index (χ1) is 15.2. The summed E-state index contributed by atoms with van der Waals surface area (Å²) >= 11 is 30.7. The number of methoxy groups -OCH3 is 1. The van der Waals surface area contributed by atoms with Crippen LogP contribution in [-0.4, -0.2) is 12.9 Å². The van der Waals surface area contributed by atoms with Crippen LogP contribution in [0.2, 0.25) is 25.1 Å². The predicted octanol–water partition coefficient (Wildman–Crippen LogP) is 8.75. The Hall–Kier alpha value is -1.88. The average molecular weight is 531 g/mol. The van der Waals surface area contributed by atoms with Gasteiger partial charge in [0.2, 0.25) is 0 Å². The number of hydrogen-bond donors (Lipinski definition) is 0. The number of carbonyl (C=O) groups is 1. The maximum Gasteiger partial charge on any atom is 0.185 e. The highest BCUT2D eigenvalue weighted by molar-refractivity contribution is 6.55. The Labute approximate surface area is 211 Å². The van der Waals surface area contributed by atoms with E-state index in [-0.39, 0.29) is 43.3 Å². The summed E-state index contributed by atoms with van der Waals surface area (Å²) in [5.41, 5.74) is 3.19. The quantitative estimate of drug-likeness (QED) is 0.133. The van der Waals surface area contributed by atoms with E-state index in [4.69, 9.17) is 67.5 Å². The molecule has 166 valence electrons. The number of allylic oxidation sites excluding steroid dienone is 1. The van der Waals surface area contributed by atoms with Gasteiger partial charge < -0.3 is 9.47 Å². The molecule has 0 aliphatic carbocycles. The van der Waals surface area contributed by atoms with Gasteiger partial charge >= 0.3 is 0 Å². The first-order valence-electron chi connectivity index (χ1n) is 9.33.